The van der Waals surface area contributed by atoms with E-state index in [9.17, 15) is 13.5 Å². The molecule has 0 spiro atoms. The number of nitrogens with two attached hydrogens (primary N) is 1. The molecule has 2 aromatic carbocycles. The van der Waals surface area contributed by atoms with E-state index in [1.165, 1.54) is 0 Å². The zero-order valence-electron chi connectivity index (χ0n) is 12.8. The average Bonchev–Trinajstić information content (AvgIpc) is 3.06. The molecule has 1 heterocycles. The second kappa shape index (κ2) is 7.24. The summed E-state index contributed by atoms with van der Waals surface area (Å²) in [7, 11) is -1.58. The van der Waals surface area contributed by atoms with E-state index in [1.807, 2.05) is 30.3 Å². The molecule has 3 rings (SSSR count). The number of hydrogen-bond donors (Lipinski definition) is 2. The highest BCUT2D eigenvalue weighted by Gasteiger charge is 2.14. The van der Waals surface area contributed by atoms with Crippen molar-refractivity contribution in [2.45, 2.75) is 4.90 Å². The Balaban J connectivity index is 2.06. The van der Waals surface area contributed by atoms with Crippen molar-refractivity contribution in [1.82, 2.24) is 9.78 Å². The first-order valence-electron chi connectivity index (χ1n) is 7.10. The van der Waals surface area contributed by atoms with Crippen LogP contribution in [0.3, 0.4) is 0 Å². The maximum atomic E-state index is 12.0. The van der Waals surface area contributed by atoms with Crippen molar-refractivity contribution in [3.63, 3.8) is 0 Å². The van der Waals surface area contributed by atoms with E-state index < -0.39 is 17.1 Å². The molecule has 0 saturated heterocycles. The van der Waals surface area contributed by atoms with E-state index in [-0.39, 0.29) is 5.82 Å². The van der Waals surface area contributed by atoms with Crippen LogP contribution < -0.4 is 10.5 Å². The van der Waals surface area contributed by atoms with Crippen molar-refractivity contribution in [3.05, 3.63) is 60.7 Å². The number of hydrogen-bond acceptors (Lipinski definition) is 4. The first kappa shape index (κ1) is 16.8. The second-order valence-electron chi connectivity index (χ2n) is 4.97. The summed E-state index contributed by atoms with van der Waals surface area (Å²) in [4.78, 5) is 14.7. The lowest BCUT2D eigenvalue weighted by atomic mass is 10.1. The van der Waals surface area contributed by atoms with Crippen LogP contribution in [0.15, 0.2) is 65.6 Å². The molecule has 1 aromatic heterocycles. The van der Waals surface area contributed by atoms with Crippen molar-refractivity contribution in [2.24, 2.45) is 5.14 Å². The van der Waals surface area contributed by atoms with E-state index in [1.54, 1.807) is 35.0 Å². The highest BCUT2D eigenvalue weighted by Crippen LogP contribution is 2.26. The van der Waals surface area contributed by atoms with Crippen LogP contribution in [-0.4, -0.2) is 20.1 Å². The first-order chi connectivity index (χ1) is 12.1. The molecule has 0 aliphatic heterocycles. The van der Waals surface area contributed by atoms with Crippen LogP contribution >= 0.6 is 0 Å². The number of carbonyl (C=O) groups excluding carboxylic acids is 1. The summed E-state index contributed by atoms with van der Waals surface area (Å²) in [5, 5.41) is 11.8. The molecule has 128 valence electrons. The van der Waals surface area contributed by atoms with E-state index in [0.29, 0.717) is 16.3 Å². The van der Waals surface area contributed by atoms with E-state index in [2.05, 4.69) is 15.4 Å². The minimum atomic E-state index is -1.58. The number of rotatable bonds is 4. The molecule has 25 heavy (non-hydrogen) atoms. The smallest absolute Gasteiger partial charge is 0.271 e. The molecular weight excluding hydrogens is 347 g/mol. The molecule has 7 nitrogen and oxygen atoms in total. The molecule has 1 unspecified atom stereocenters. The van der Waals surface area contributed by atoms with Gasteiger partial charge >= 0.3 is 6.09 Å². The molecule has 9 heteroatoms. The van der Waals surface area contributed by atoms with Gasteiger partial charge in [-0.25, -0.2) is 23.8 Å². The van der Waals surface area contributed by atoms with E-state index >= 15 is 0 Å². The largest absolute Gasteiger partial charge is 0.450 e. The zero-order valence-corrected chi connectivity index (χ0v) is 13.6. The first-order valence-corrected chi connectivity index (χ1v) is 8.31. The van der Waals surface area contributed by atoms with Crippen molar-refractivity contribution in [2.75, 3.05) is 5.32 Å². The summed E-state index contributed by atoms with van der Waals surface area (Å²) in [6.45, 7) is 0. The molecule has 0 aliphatic rings. The molecule has 3 aromatic rings. The highest BCUT2D eigenvalue weighted by molar-refractivity contribution is 7.82. The third-order valence-corrected chi connectivity index (χ3v) is 4.13. The lowest BCUT2D eigenvalue weighted by Crippen LogP contribution is -2.10. The van der Waals surface area contributed by atoms with Crippen LogP contribution in [0, 0.1) is 0 Å². The lowest BCUT2D eigenvalue weighted by molar-refractivity contribution is -0.0544. The Bertz CT molecular complexity index is 913. The van der Waals surface area contributed by atoms with Crippen molar-refractivity contribution in [3.8, 4) is 16.9 Å². The molecule has 1 atom stereocenters. The Morgan fingerprint density at radius 2 is 1.84 bits per heavy atom. The van der Waals surface area contributed by atoms with Gasteiger partial charge in [-0.05, 0) is 24.3 Å². The van der Waals surface area contributed by atoms with Gasteiger partial charge in [0.2, 0.25) is 0 Å². The number of nitrogens with zero attached hydrogens (tertiary/aromatic N) is 2. The van der Waals surface area contributed by atoms with Gasteiger partial charge in [-0.2, -0.15) is 0 Å². The Morgan fingerprint density at radius 1 is 1.16 bits per heavy atom. The summed E-state index contributed by atoms with van der Waals surface area (Å²) in [6.07, 6.45) is -1.27. The fourth-order valence-electron chi connectivity index (χ4n) is 2.30. The minimum Gasteiger partial charge on any atom is -0.271 e. The van der Waals surface area contributed by atoms with Crippen molar-refractivity contribution >= 4 is 22.9 Å². The van der Waals surface area contributed by atoms with E-state index in [4.69, 9.17) is 5.14 Å². The molecule has 0 aliphatic carbocycles. The lowest BCUT2D eigenvalue weighted by Gasteiger charge is -2.08. The van der Waals surface area contributed by atoms with Crippen molar-refractivity contribution < 1.29 is 18.5 Å². The van der Waals surface area contributed by atoms with Crippen LogP contribution in [0.5, 0.6) is 0 Å². The van der Waals surface area contributed by atoms with Crippen LogP contribution in [0.1, 0.15) is 0 Å². The standard InChI is InChI=1S/C16H13FN4O3S/c17-24-16(22)19-15-10-14(11-4-2-1-3-5-11)21(20-15)12-6-8-13(9-7-12)25(18)23/h1-10H,18H2,(H,19,20,22). The van der Waals surface area contributed by atoms with Gasteiger partial charge in [-0.1, -0.05) is 30.3 Å². The van der Waals surface area contributed by atoms with Gasteiger partial charge in [-0.3, -0.25) is 5.32 Å². The Hall–Kier alpha value is -3.04. The fourth-order valence-corrected chi connectivity index (χ4v) is 2.70. The van der Waals surface area contributed by atoms with Gasteiger partial charge in [0.25, 0.3) is 0 Å². The number of benzene rings is 2. The molecular formula is C16H13FN4O3S. The van der Waals surface area contributed by atoms with Crippen LogP contribution in [-0.2, 0) is 15.9 Å². The third-order valence-electron chi connectivity index (χ3n) is 3.39. The maximum absolute atomic E-state index is 12.0. The van der Waals surface area contributed by atoms with Gasteiger partial charge < -0.3 is 0 Å². The number of carbonyl (C=O) groups is 1. The maximum Gasteiger partial charge on any atom is 0.450 e. The molecule has 1 amide bonds. The van der Waals surface area contributed by atoms with Gasteiger partial charge in [0.15, 0.2) is 5.82 Å². The molecule has 0 bridgehead atoms. The Kier molecular flexibility index (Phi) is 4.87. The predicted molar refractivity (Wildman–Crippen MR) is 90.8 cm³/mol. The number of anilines is 1. The van der Waals surface area contributed by atoms with Gasteiger partial charge in [-0.15, -0.1) is 5.10 Å². The highest BCUT2D eigenvalue weighted by atomic mass is 32.2. The van der Waals surface area contributed by atoms with E-state index in [0.717, 1.165) is 5.56 Å². The SMILES string of the molecule is NS(=O)c1ccc(-n2nc(NC(=O)OF)cc2-c2ccccc2)cc1. The monoisotopic (exact) mass is 360 g/mol. The summed E-state index contributed by atoms with van der Waals surface area (Å²) < 4.78 is 24.8. The third kappa shape index (κ3) is 3.73. The quantitative estimate of drug-likeness (QED) is 0.747. The number of aromatic nitrogens is 2. The fraction of sp³-hybridized carbons (Fsp3) is 0. The van der Waals surface area contributed by atoms with Gasteiger partial charge in [0.05, 0.1) is 16.3 Å². The summed E-state index contributed by atoms with van der Waals surface area (Å²) in [5.74, 6) is 0.119. The Labute approximate surface area is 144 Å². The van der Waals surface area contributed by atoms with Crippen LogP contribution in [0.4, 0.5) is 15.1 Å². The Morgan fingerprint density at radius 3 is 2.44 bits per heavy atom. The normalized spacial score (nSPS) is 11.8. The molecule has 0 fully saturated rings. The van der Waals surface area contributed by atoms with Crippen LogP contribution in [0.25, 0.3) is 16.9 Å². The topological polar surface area (TPSA) is 99.2 Å². The average molecular weight is 360 g/mol. The summed E-state index contributed by atoms with van der Waals surface area (Å²) >= 11 is 0. The molecule has 3 N–H and O–H groups in total. The second-order valence-corrected chi connectivity index (χ2v) is 6.04. The molecule has 0 saturated carbocycles. The number of halogens is 1. The molecule has 0 radical (unpaired) electrons. The number of amides is 1. The van der Waals surface area contributed by atoms with Crippen molar-refractivity contribution in [1.29, 1.82) is 0 Å². The summed E-state index contributed by atoms with van der Waals surface area (Å²) in [6, 6.07) is 17.5. The summed E-state index contributed by atoms with van der Waals surface area (Å²) in [5.41, 5.74) is 2.15. The van der Waals surface area contributed by atoms with Gasteiger partial charge in [0.1, 0.15) is 11.0 Å². The predicted octanol–water partition coefficient (Wildman–Crippen LogP) is 2.95. The minimum absolute atomic E-state index is 0.119. The van der Waals surface area contributed by atoms with Crippen LogP contribution in [0.2, 0.25) is 0 Å². The zero-order chi connectivity index (χ0) is 17.8. The van der Waals surface area contributed by atoms with Gasteiger partial charge in [0, 0.05) is 16.2 Å². The number of nitrogens with one attached hydrogen (secondary N) is 1.